The summed E-state index contributed by atoms with van der Waals surface area (Å²) in [4.78, 5) is 20.3. The number of hydrogen-bond donors (Lipinski definition) is 2. The third-order valence-electron chi connectivity index (χ3n) is 1.44. The summed E-state index contributed by atoms with van der Waals surface area (Å²) in [6.07, 6.45) is 1.52. The second-order valence-electron chi connectivity index (χ2n) is 2.46. The van der Waals surface area contributed by atoms with E-state index in [1.165, 1.54) is 18.4 Å². The first-order valence-electron chi connectivity index (χ1n) is 3.69. The zero-order chi connectivity index (χ0) is 10.6. The van der Waals surface area contributed by atoms with Gasteiger partial charge in [-0.1, -0.05) is 0 Å². The minimum absolute atomic E-state index is 0.00711. The predicted octanol–water partition coefficient (Wildman–Crippen LogP) is 0.313. The van der Waals surface area contributed by atoms with Crippen LogP contribution in [0, 0.1) is 0 Å². The molecule has 14 heavy (non-hydrogen) atoms. The highest BCUT2D eigenvalue weighted by Gasteiger charge is 2.04. The molecule has 73 valence electrons. The minimum Gasteiger partial charge on any atom is -0.507 e. The Morgan fingerprint density at radius 2 is 2.21 bits per heavy atom. The highest BCUT2D eigenvalue weighted by molar-refractivity contribution is 5.79. The van der Waals surface area contributed by atoms with E-state index in [2.05, 4.69) is 0 Å². The smallest absolute Gasteiger partial charge is 0.341 e. The highest BCUT2D eigenvalue weighted by Crippen LogP contribution is 2.21. The number of carboxylic acids is 1. The third kappa shape index (κ3) is 2.48. The average Bonchev–Trinajstić information content (AvgIpc) is 2.15. The second kappa shape index (κ2) is 4.27. The molecule has 0 saturated carbocycles. The van der Waals surface area contributed by atoms with Gasteiger partial charge in [0, 0.05) is 6.07 Å². The Hall–Kier alpha value is -2.04. The van der Waals surface area contributed by atoms with Crippen LogP contribution in [-0.4, -0.2) is 29.1 Å². The first-order valence-corrected chi connectivity index (χ1v) is 3.69. The molecule has 0 aromatic heterocycles. The van der Waals surface area contributed by atoms with E-state index in [0.717, 1.165) is 6.07 Å². The summed E-state index contributed by atoms with van der Waals surface area (Å²) in [6.45, 7) is -0.496. The molecule has 1 rings (SSSR count). The maximum Gasteiger partial charge on any atom is 0.341 e. The summed E-state index contributed by atoms with van der Waals surface area (Å²) in [7, 11) is 0. The molecular formula is C9H7O5. The Kier molecular flexibility index (Phi) is 3.06. The number of carboxylic acid groups (broad SMARTS) is 1. The maximum absolute atomic E-state index is 10.2. The van der Waals surface area contributed by atoms with E-state index in [0.29, 0.717) is 0 Å². The van der Waals surface area contributed by atoms with Gasteiger partial charge in [0.25, 0.3) is 0 Å². The van der Waals surface area contributed by atoms with Gasteiger partial charge < -0.3 is 14.9 Å². The average molecular weight is 195 g/mol. The minimum atomic E-state index is -1.12. The van der Waals surface area contributed by atoms with Crippen molar-refractivity contribution in [3.8, 4) is 11.5 Å². The van der Waals surface area contributed by atoms with Crippen LogP contribution >= 0.6 is 0 Å². The summed E-state index contributed by atoms with van der Waals surface area (Å²) < 4.78 is 4.76. The van der Waals surface area contributed by atoms with Crippen molar-refractivity contribution in [2.45, 2.75) is 0 Å². The Morgan fingerprint density at radius 3 is 2.71 bits per heavy atom. The molecule has 0 saturated heterocycles. The van der Waals surface area contributed by atoms with Crippen molar-refractivity contribution in [2.75, 3.05) is 6.61 Å². The van der Waals surface area contributed by atoms with Crippen LogP contribution in [0.5, 0.6) is 11.5 Å². The maximum atomic E-state index is 10.2. The van der Waals surface area contributed by atoms with Crippen LogP contribution in [0.3, 0.4) is 0 Å². The van der Waals surface area contributed by atoms with Crippen LogP contribution in [0.15, 0.2) is 18.2 Å². The van der Waals surface area contributed by atoms with Crippen molar-refractivity contribution >= 4 is 12.3 Å². The standard InChI is InChI=1S/C9H7O5/c10-4-6-1-2-7(3-8(6)11)14-5-9(12)13/h1-3,11H,5H2,(H,12,13). The van der Waals surface area contributed by atoms with Crippen LogP contribution in [0.1, 0.15) is 5.56 Å². The largest absolute Gasteiger partial charge is 0.507 e. The van der Waals surface area contributed by atoms with Gasteiger partial charge in [0.05, 0.1) is 5.56 Å². The molecule has 5 heteroatoms. The highest BCUT2D eigenvalue weighted by atomic mass is 16.5. The number of hydrogen-bond acceptors (Lipinski definition) is 4. The lowest BCUT2D eigenvalue weighted by molar-refractivity contribution is -0.139. The van der Waals surface area contributed by atoms with Crippen LogP contribution in [0.25, 0.3) is 0 Å². The topological polar surface area (TPSA) is 83.8 Å². The van der Waals surface area contributed by atoms with E-state index in [9.17, 15) is 9.59 Å². The second-order valence-corrected chi connectivity index (χ2v) is 2.46. The fourth-order valence-electron chi connectivity index (χ4n) is 0.833. The molecule has 0 unspecified atom stereocenters. The van der Waals surface area contributed by atoms with Gasteiger partial charge in [-0.05, 0) is 12.1 Å². The molecule has 1 aromatic rings. The molecule has 0 aliphatic carbocycles. The Balaban J connectivity index is 2.76. The van der Waals surface area contributed by atoms with Crippen molar-refractivity contribution in [1.29, 1.82) is 0 Å². The quantitative estimate of drug-likeness (QED) is 0.722. The summed E-state index contributed by atoms with van der Waals surface area (Å²) >= 11 is 0. The predicted molar refractivity (Wildman–Crippen MR) is 46.0 cm³/mol. The van der Waals surface area contributed by atoms with Crippen molar-refractivity contribution in [3.63, 3.8) is 0 Å². The van der Waals surface area contributed by atoms with E-state index < -0.39 is 12.6 Å². The number of aromatic hydroxyl groups is 1. The molecule has 0 spiro atoms. The molecule has 5 nitrogen and oxygen atoms in total. The van der Waals surface area contributed by atoms with Gasteiger partial charge in [0.15, 0.2) is 6.61 Å². The van der Waals surface area contributed by atoms with Gasteiger partial charge in [-0.25, -0.2) is 4.79 Å². The van der Waals surface area contributed by atoms with Crippen molar-refractivity contribution in [3.05, 3.63) is 23.8 Å². The van der Waals surface area contributed by atoms with E-state index in [-0.39, 0.29) is 17.1 Å². The number of carbonyl (C=O) groups is 1. The third-order valence-corrected chi connectivity index (χ3v) is 1.44. The first-order chi connectivity index (χ1) is 6.63. The summed E-state index contributed by atoms with van der Waals surface area (Å²) in [5.41, 5.74) is 0.00711. The number of aliphatic carboxylic acids is 1. The van der Waals surface area contributed by atoms with Crippen LogP contribution in [0.4, 0.5) is 0 Å². The SMILES string of the molecule is O=[C]c1ccc(OCC(=O)O)cc1O. The molecule has 0 aliphatic rings. The van der Waals surface area contributed by atoms with Gasteiger partial charge in [-0.3, -0.25) is 4.79 Å². The van der Waals surface area contributed by atoms with Crippen LogP contribution in [-0.2, 0) is 9.59 Å². The normalized spacial score (nSPS) is 9.43. The van der Waals surface area contributed by atoms with E-state index >= 15 is 0 Å². The Bertz CT molecular complexity index is 358. The lowest BCUT2D eigenvalue weighted by Crippen LogP contribution is -2.09. The first kappa shape index (κ1) is 10.0. The monoisotopic (exact) mass is 195 g/mol. The summed E-state index contributed by atoms with van der Waals surface area (Å²) in [6, 6.07) is 3.82. The molecule has 0 aliphatic heterocycles. The van der Waals surface area contributed by atoms with Gasteiger partial charge >= 0.3 is 5.97 Å². The van der Waals surface area contributed by atoms with E-state index in [1.807, 2.05) is 0 Å². The summed E-state index contributed by atoms with van der Waals surface area (Å²) in [5, 5.41) is 17.5. The fraction of sp³-hybridized carbons (Fsp3) is 0.111. The van der Waals surface area contributed by atoms with Gasteiger partial charge in [-0.15, -0.1) is 0 Å². The molecule has 1 aromatic carbocycles. The lowest BCUT2D eigenvalue weighted by atomic mass is 10.2. The number of ether oxygens (including phenoxy) is 1. The molecule has 2 N–H and O–H groups in total. The number of phenolic OH excluding ortho intramolecular Hbond substituents is 1. The number of rotatable bonds is 4. The number of carbonyl (C=O) groups excluding carboxylic acids is 1. The molecule has 1 radical (unpaired) electrons. The molecule has 0 heterocycles. The van der Waals surface area contributed by atoms with Crippen molar-refractivity contribution in [2.24, 2.45) is 0 Å². The Labute approximate surface area is 79.6 Å². The molecular weight excluding hydrogens is 188 g/mol. The fourth-order valence-corrected chi connectivity index (χ4v) is 0.833. The van der Waals surface area contributed by atoms with Crippen LogP contribution < -0.4 is 4.74 Å². The molecule has 0 bridgehead atoms. The Morgan fingerprint density at radius 1 is 1.50 bits per heavy atom. The lowest BCUT2D eigenvalue weighted by Gasteiger charge is -2.03. The van der Waals surface area contributed by atoms with Gasteiger partial charge in [0.1, 0.15) is 11.5 Å². The van der Waals surface area contributed by atoms with Crippen LogP contribution in [0.2, 0.25) is 0 Å². The van der Waals surface area contributed by atoms with Crippen molar-refractivity contribution < 1.29 is 24.5 Å². The van der Waals surface area contributed by atoms with Crippen molar-refractivity contribution in [1.82, 2.24) is 0 Å². The summed E-state index contributed by atoms with van der Waals surface area (Å²) in [5.74, 6) is -1.22. The van der Waals surface area contributed by atoms with Gasteiger partial charge in [-0.2, -0.15) is 0 Å². The molecule has 0 amide bonds. The van der Waals surface area contributed by atoms with Gasteiger partial charge in [0.2, 0.25) is 6.29 Å². The zero-order valence-electron chi connectivity index (χ0n) is 7.06. The molecule has 0 fully saturated rings. The zero-order valence-corrected chi connectivity index (χ0v) is 7.06. The van der Waals surface area contributed by atoms with E-state index in [1.54, 1.807) is 0 Å². The number of phenols is 1. The molecule has 0 atom stereocenters. The van der Waals surface area contributed by atoms with E-state index in [4.69, 9.17) is 14.9 Å². The number of benzene rings is 1.